The Kier molecular flexibility index (Phi) is 6.24. The number of hydrogen-bond donors (Lipinski definition) is 0. The Labute approximate surface area is 142 Å². The molecule has 2 aromatic rings. The lowest BCUT2D eigenvalue weighted by atomic mass is 10.1. The molecule has 0 aliphatic carbocycles. The van der Waals surface area contributed by atoms with Gasteiger partial charge in [-0.3, -0.25) is 0 Å². The molecule has 2 rings (SSSR count). The minimum absolute atomic E-state index is 0.392. The average molecular weight is 328 g/mol. The molecule has 0 aliphatic heterocycles. The van der Waals surface area contributed by atoms with Gasteiger partial charge in [-0.1, -0.05) is 17.2 Å². The van der Waals surface area contributed by atoms with E-state index in [-0.39, 0.29) is 0 Å². The fourth-order valence-corrected chi connectivity index (χ4v) is 2.32. The summed E-state index contributed by atoms with van der Waals surface area (Å²) in [5, 5.41) is 0.756. The predicted octanol–water partition coefficient (Wildman–Crippen LogP) is 4.87. The first-order chi connectivity index (χ1) is 11.5. The second-order valence-electron chi connectivity index (χ2n) is 5.97. The molecule has 0 fully saturated rings. The normalized spacial score (nSPS) is 11.4. The zero-order valence-electron chi connectivity index (χ0n) is 14.7. The summed E-state index contributed by atoms with van der Waals surface area (Å²) in [7, 11) is 1.57. The number of hydrogen-bond acceptors (Lipinski definition) is 4. The van der Waals surface area contributed by atoms with Gasteiger partial charge in [0.15, 0.2) is 0 Å². The molecule has 0 atom stereocenters. The fraction of sp³-hybridized carbons (Fsp3) is 0.350. The molecule has 4 nitrogen and oxygen atoms in total. The lowest BCUT2D eigenvalue weighted by Gasteiger charge is -2.10. The van der Waals surface area contributed by atoms with Crippen LogP contribution in [0.1, 0.15) is 33.6 Å². The van der Waals surface area contributed by atoms with E-state index in [1.165, 1.54) is 17.2 Å². The van der Waals surface area contributed by atoms with Crippen LogP contribution in [-0.2, 0) is 0 Å². The number of rotatable bonds is 7. The van der Waals surface area contributed by atoms with Gasteiger partial charge >= 0.3 is 5.63 Å². The molecule has 0 saturated carbocycles. The first-order valence-corrected chi connectivity index (χ1v) is 8.03. The molecule has 1 heterocycles. The van der Waals surface area contributed by atoms with E-state index in [4.69, 9.17) is 13.9 Å². The van der Waals surface area contributed by atoms with E-state index in [0.717, 1.165) is 18.2 Å². The van der Waals surface area contributed by atoms with E-state index < -0.39 is 5.63 Å². The van der Waals surface area contributed by atoms with E-state index in [9.17, 15) is 4.79 Å². The van der Waals surface area contributed by atoms with Crippen molar-refractivity contribution in [3.8, 4) is 11.5 Å². The Hall–Kier alpha value is -2.49. The van der Waals surface area contributed by atoms with Crippen molar-refractivity contribution < 1.29 is 13.9 Å². The summed E-state index contributed by atoms with van der Waals surface area (Å²) in [5.41, 5.74) is 2.69. The molecule has 0 amide bonds. The van der Waals surface area contributed by atoms with Crippen LogP contribution in [0.4, 0.5) is 0 Å². The summed E-state index contributed by atoms with van der Waals surface area (Å²) < 4.78 is 16.3. The van der Waals surface area contributed by atoms with Crippen LogP contribution < -0.4 is 15.1 Å². The third-order valence-electron chi connectivity index (χ3n) is 3.67. The second-order valence-corrected chi connectivity index (χ2v) is 5.97. The Morgan fingerprint density at radius 2 is 1.96 bits per heavy atom. The lowest BCUT2D eigenvalue weighted by molar-refractivity contribution is 0.359. The maximum atomic E-state index is 11.4. The molecule has 1 aromatic carbocycles. The fourth-order valence-electron chi connectivity index (χ4n) is 2.32. The van der Waals surface area contributed by atoms with Gasteiger partial charge in [-0.05, 0) is 45.8 Å². The molecule has 0 aliphatic rings. The van der Waals surface area contributed by atoms with E-state index in [0.29, 0.717) is 23.7 Å². The highest BCUT2D eigenvalue weighted by Crippen LogP contribution is 2.30. The minimum atomic E-state index is -0.392. The maximum absolute atomic E-state index is 11.4. The van der Waals surface area contributed by atoms with Crippen molar-refractivity contribution in [2.75, 3.05) is 13.7 Å². The van der Waals surface area contributed by atoms with Crippen LogP contribution in [-0.4, -0.2) is 13.7 Å². The highest BCUT2D eigenvalue weighted by atomic mass is 16.5. The zero-order valence-corrected chi connectivity index (χ0v) is 14.7. The summed E-state index contributed by atoms with van der Waals surface area (Å²) in [6.07, 6.45) is 6.36. The van der Waals surface area contributed by atoms with Gasteiger partial charge in [0.2, 0.25) is 0 Å². The van der Waals surface area contributed by atoms with Crippen LogP contribution in [0.15, 0.2) is 56.8 Å². The molecule has 0 N–H and O–H groups in total. The number of allylic oxidation sites excluding steroid dienone is 3. The standard InChI is InChI=1S/C20H24O4/c1-14(2)6-5-7-15(3)10-11-23-18-12-16(22-4)13-19-17(18)8-9-20(21)24-19/h6,8-10,12-13H,5,7,11H2,1-4H3/b15-10+. The Balaban J connectivity index is 2.12. The SMILES string of the molecule is COc1cc(OC/C=C(\C)CCC=C(C)C)c2ccc(=O)oc2c1. The van der Waals surface area contributed by atoms with E-state index in [1.807, 2.05) is 0 Å². The van der Waals surface area contributed by atoms with Gasteiger partial charge in [-0.15, -0.1) is 0 Å². The molecule has 1 aromatic heterocycles. The largest absolute Gasteiger partial charge is 0.496 e. The minimum Gasteiger partial charge on any atom is -0.496 e. The number of ether oxygens (including phenoxy) is 2. The highest BCUT2D eigenvalue weighted by molar-refractivity contribution is 5.85. The smallest absolute Gasteiger partial charge is 0.336 e. The quantitative estimate of drug-likeness (QED) is 0.537. The molecule has 128 valence electrons. The summed E-state index contributed by atoms with van der Waals surface area (Å²) in [4.78, 5) is 11.4. The first-order valence-electron chi connectivity index (χ1n) is 8.03. The third-order valence-corrected chi connectivity index (χ3v) is 3.67. The maximum Gasteiger partial charge on any atom is 0.336 e. The van der Waals surface area contributed by atoms with Crippen LogP contribution in [0.25, 0.3) is 11.0 Å². The Morgan fingerprint density at radius 3 is 2.67 bits per heavy atom. The average Bonchev–Trinajstić information content (AvgIpc) is 2.53. The molecular formula is C20H24O4. The Bertz CT molecular complexity index is 808. The predicted molar refractivity (Wildman–Crippen MR) is 97.0 cm³/mol. The molecule has 0 radical (unpaired) electrons. The van der Waals surface area contributed by atoms with Gasteiger partial charge in [0.05, 0.1) is 12.5 Å². The van der Waals surface area contributed by atoms with Crippen LogP contribution in [0.2, 0.25) is 0 Å². The summed E-state index contributed by atoms with van der Waals surface area (Å²) in [5.74, 6) is 1.23. The summed E-state index contributed by atoms with van der Waals surface area (Å²) in [6.45, 7) is 6.77. The van der Waals surface area contributed by atoms with Crippen molar-refractivity contribution in [3.05, 3.63) is 58.0 Å². The van der Waals surface area contributed by atoms with Crippen molar-refractivity contribution in [2.45, 2.75) is 33.6 Å². The van der Waals surface area contributed by atoms with Crippen molar-refractivity contribution in [2.24, 2.45) is 0 Å². The van der Waals surface area contributed by atoms with Crippen molar-refractivity contribution >= 4 is 11.0 Å². The monoisotopic (exact) mass is 328 g/mol. The van der Waals surface area contributed by atoms with Crippen LogP contribution >= 0.6 is 0 Å². The number of methoxy groups -OCH3 is 1. The van der Waals surface area contributed by atoms with Gasteiger partial charge in [0.25, 0.3) is 0 Å². The highest BCUT2D eigenvalue weighted by Gasteiger charge is 2.08. The van der Waals surface area contributed by atoms with Crippen LogP contribution in [0.5, 0.6) is 11.5 Å². The third kappa shape index (κ3) is 5.01. The molecule has 0 saturated heterocycles. The van der Waals surface area contributed by atoms with Crippen LogP contribution in [0, 0.1) is 0 Å². The summed E-state index contributed by atoms with van der Waals surface area (Å²) in [6, 6.07) is 6.59. The first kappa shape index (κ1) is 17.9. The molecule has 4 heteroatoms. The zero-order chi connectivity index (χ0) is 17.5. The van der Waals surface area contributed by atoms with Crippen molar-refractivity contribution in [1.29, 1.82) is 0 Å². The van der Waals surface area contributed by atoms with Gasteiger partial charge in [0.1, 0.15) is 23.7 Å². The lowest BCUT2D eigenvalue weighted by Crippen LogP contribution is -1.99. The van der Waals surface area contributed by atoms with Crippen molar-refractivity contribution in [3.63, 3.8) is 0 Å². The van der Waals surface area contributed by atoms with Gasteiger partial charge < -0.3 is 13.9 Å². The Morgan fingerprint density at radius 1 is 1.17 bits per heavy atom. The van der Waals surface area contributed by atoms with Gasteiger partial charge in [-0.2, -0.15) is 0 Å². The molecule has 0 bridgehead atoms. The van der Waals surface area contributed by atoms with E-state index in [1.54, 1.807) is 25.3 Å². The van der Waals surface area contributed by atoms with E-state index in [2.05, 4.69) is 32.9 Å². The second kappa shape index (κ2) is 8.39. The van der Waals surface area contributed by atoms with Crippen LogP contribution in [0.3, 0.4) is 0 Å². The molecule has 0 unspecified atom stereocenters. The number of fused-ring (bicyclic) bond motifs is 1. The topological polar surface area (TPSA) is 48.7 Å². The van der Waals surface area contributed by atoms with E-state index >= 15 is 0 Å². The van der Waals surface area contributed by atoms with Gasteiger partial charge in [0, 0.05) is 18.2 Å². The van der Waals surface area contributed by atoms with Crippen molar-refractivity contribution in [1.82, 2.24) is 0 Å². The summed E-state index contributed by atoms with van der Waals surface area (Å²) >= 11 is 0. The molecule has 0 spiro atoms. The van der Waals surface area contributed by atoms with Gasteiger partial charge in [-0.25, -0.2) is 4.79 Å². The molecular weight excluding hydrogens is 304 g/mol. The molecule has 24 heavy (non-hydrogen) atoms. The number of benzene rings is 1.